The molecule has 1 fully saturated rings. The number of anilines is 1. The van der Waals surface area contributed by atoms with Gasteiger partial charge < -0.3 is 16.4 Å². The zero-order chi connectivity index (χ0) is 15.2. The first-order valence-electron chi connectivity index (χ1n) is 7.51. The highest BCUT2D eigenvalue weighted by Crippen LogP contribution is 2.38. The molecule has 1 aromatic carbocycles. The van der Waals surface area contributed by atoms with Crippen LogP contribution < -0.4 is 16.4 Å². The van der Waals surface area contributed by atoms with Gasteiger partial charge in [-0.1, -0.05) is 6.92 Å². The third kappa shape index (κ3) is 4.56. The number of carbonyl (C=O) groups excluding carboxylic acids is 2. The van der Waals surface area contributed by atoms with Crippen LogP contribution in [-0.2, 0) is 4.79 Å². The number of hydrogen-bond acceptors (Lipinski definition) is 3. The molecule has 0 saturated heterocycles. The number of nitrogens with one attached hydrogen (secondary N) is 2. The lowest BCUT2D eigenvalue weighted by atomic mass is 10.2. The molecule has 1 aliphatic carbocycles. The van der Waals surface area contributed by atoms with E-state index in [-0.39, 0.29) is 17.7 Å². The van der Waals surface area contributed by atoms with Gasteiger partial charge in [0.1, 0.15) is 0 Å². The van der Waals surface area contributed by atoms with Crippen LogP contribution in [0.5, 0.6) is 0 Å². The molecule has 1 aromatic rings. The Morgan fingerprint density at radius 1 is 1.24 bits per heavy atom. The van der Waals surface area contributed by atoms with Crippen molar-refractivity contribution in [1.29, 1.82) is 0 Å². The van der Waals surface area contributed by atoms with E-state index < -0.39 is 0 Å². The molecule has 0 heterocycles. The summed E-state index contributed by atoms with van der Waals surface area (Å²) in [4.78, 5) is 23.7. The van der Waals surface area contributed by atoms with Crippen molar-refractivity contribution in [3.63, 3.8) is 0 Å². The van der Waals surface area contributed by atoms with E-state index in [0.717, 1.165) is 24.9 Å². The molecule has 114 valence electrons. The van der Waals surface area contributed by atoms with E-state index in [0.29, 0.717) is 24.6 Å². The summed E-state index contributed by atoms with van der Waals surface area (Å²) in [6.07, 6.45) is 2.76. The summed E-state index contributed by atoms with van der Waals surface area (Å²) in [5.41, 5.74) is 6.73. The second-order valence-corrected chi connectivity index (χ2v) is 5.64. The molecule has 2 atom stereocenters. The van der Waals surface area contributed by atoms with Gasteiger partial charge in [-0.25, -0.2) is 0 Å². The highest BCUT2D eigenvalue weighted by atomic mass is 16.2. The van der Waals surface area contributed by atoms with Crippen molar-refractivity contribution in [2.45, 2.75) is 26.2 Å². The second kappa shape index (κ2) is 7.22. The van der Waals surface area contributed by atoms with Crippen molar-refractivity contribution in [3.05, 3.63) is 29.8 Å². The number of rotatable bonds is 7. The predicted molar refractivity (Wildman–Crippen MR) is 83.0 cm³/mol. The lowest BCUT2D eigenvalue weighted by Crippen LogP contribution is -2.24. The quantitative estimate of drug-likeness (QED) is 0.669. The van der Waals surface area contributed by atoms with Gasteiger partial charge in [-0.3, -0.25) is 9.59 Å². The summed E-state index contributed by atoms with van der Waals surface area (Å²) >= 11 is 0. The SMILES string of the molecule is CC1CC1C(=O)Nc1ccc(C(=O)NCCCCN)cc1. The molecule has 2 rings (SSSR count). The molecule has 4 N–H and O–H groups in total. The van der Waals surface area contributed by atoms with Crippen molar-refractivity contribution in [2.24, 2.45) is 17.6 Å². The van der Waals surface area contributed by atoms with Gasteiger partial charge in [0, 0.05) is 23.7 Å². The monoisotopic (exact) mass is 289 g/mol. The highest BCUT2D eigenvalue weighted by molar-refractivity contribution is 5.96. The van der Waals surface area contributed by atoms with Gasteiger partial charge in [0.2, 0.25) is 5.91 Å². The minimum absolute atomic E-state index is 0.0708. The molecule has 1 aliphatic rings. The predicted octanol–water partition coefficient (Wildman–Crippen LogP) is 1.75. The number of hydrogen-bond donors (Lipinski definition) is 3. The molecule has 21 heavy (non-hydrogen) atoms. The topological polar surface area (TPSA) is 84.2 Å². The molecule has 0 spiro atoms. The molecule has 5 nitrogen and oxygen atoms in total. The van der Waals surface area contributed by atoms with Crippen LogP contribution in [0.25, 0.3) is 0 Å². The van der Waals surface area contributed by atoms with Gasteiger partial charge in [0.05, 0.1) is 0 Å². The van der Waals surface area contributed by atoms with Gasteiger partial charge in [-0.2, -0.15) is 0 Å². The number of nitrogens with two attached hydrogens (primary N) is 1. The lowest BCUT2D eigenvalue weighted by Gasteiger charge is -2.07. The van der Waals surface area contributed by atoms with E-state index in [2.05, 4.69) is 17.6 Å². The summed E-state index contributed by atoms with van der Waals surface area (Å²) in [5.74, 6) is 0.612. The van der Waals surface area contributed by atoms with Crippen LogP contribution >= 0.6 is 0 Å². The van der Waals surface area contributed by atoms with Crippen molar-refractivity contribution < 1.29 is 9.59 Å². The fourth-order valence-electron chi connectivity index (χ4n) is 2.20. The highest BCUT2D eigenvalue weighted by Gasteiger charge is 2.38. The molecule has 2 amide bonds. The molecule has 0 aliphatic heterocycles. The van der Waals surface area contributed by atoms with Crippen molar-refractivity contribution in [1.82, 2.24) is 5.32 Å². The zero-order valence-electron chi connectivity index (χ0n) is 12.4. The van der Waals surface area contributed by atoms with Crippen LogP contribution in [0.3, 0.4) is 0 Å². The Bertz CT molecular complexity index is 499. The summed E-state index contributed by atoms with van der Waals surface area (Å²) in [6, 6.07) is 6.98. The Kier molecular flexibility index (Phi) is 5.33. The minimum Gasteiger partial charge on any atom is -0.352 e. The minimum atomic E-state index is -0.0966. The average Bonchev–Trinajstić information content (AvgIpc) is 3.21. The van der Waals surface area contributed by atoms with Crippen molar-refractivity contribution in [2.75, 3.05) is 18.4 Å². The normalized spacial score (nSPS) is 19.9. The molecule has 5 heteroatoms. The first-order valence-corrected chi connectivity index (χ1v) is 7.51. The average molecular weight is 289 g/mol. The van der Waals surface area contributed by atoms with E-state index in [4.69, 9.17) is 5.73 Å². The van der Waals surface area contributed by atoms with E-state index >= 15 is 0 Å². The molecular weight excluding hydrogens is 266 g/mol. The summed E-state index contributed by atoms with van der Waals surface area (Å²) in [7, 11) is 0. The van der Waals surface area contributed by atoms with E-state index in [1.165, 1.54) is 0 Å². The van der Waals surface area contributed by atoms with Gasteiger partial charge in [-0.05, 0) is 56.0 Å². The molecule has 0 radical (unpaired) electrons. The summed E-state index contributed by atoms with van der Waals surface area (Å²) in [6.45, 7) is 3.35. The fraction of sp³-hybridized carbons (Fsp3) is 0.500. The summed E-state index contributed by atoms with van der Waals surface area (Å²) < 4.78 is 0. The Morgan fingerprint density at radius 3 is 2.48 bits per heavy atom. The maximum absolute atomic E-state index is 11.9. The van der Waals surface area contributed by atoms with Crippen molar-refractivity contribution in [3.8, 4) is 0 Å². The van der Waals surface area contributed by atoms with Gasteiger partial charge in [0.25, 0.3) is 5.91 Å². The molecule has 2 unspecified atom stereocenters. The standard InChI is InChI=1S/C16H23N3O2/c1-11-10-14(11)16(21)19-13-6-4-12(5-7-13)15(20)18-9-3-2-8-17/h4-7,11,14H,2-3,8-10,17H2,1H3,(H,18,20)(H,19,21). The van der Waals surface area contributed by atoms with Gasteiger partial charge >= 0.3 is 0 Å². The zero-order valence-corrected chi connectivity index (χ0v) is 12.4. The second-order valence-electron chi connectivity index (χ2n) is 5.64. The van der Waals surface area contributed by atoms with E-state index in [1.807, 2.05) is 0 Å². The van der Waals surface area contributed by atoms with E-state index in [9.17, 15) is 9.59 Å². The molecule has 0 bridgehead atoms. The summed E-state index contributed by atoms with van der Waals surface area (Å²) in [5, 5.41) is 5.72. The van der Waals surface area contributed by atoms with Crippen LogP contribution in [0.2, 0.25) is 0 Å². The first-order chi connectivity index (χ1) is 10.1. The maximum atomic E-state index is 11.9. The number of amides is 2. The van der Waals surface area contributed by atoms with Crippen LogP contribution in [0.4, 0.5) is 5.69 Å². The molecular formula is C16H23N3O2. The number of carbonyl (C=O) groups is 2. The van der Waals surface area contributed by atoms with Crippen LogP contribution in [0.15, 0.2) is 24.3 Å². The van der Waals surface area contributed by atoms with Crippen LogP contribution in [0, 0.1) is 11.8 Å². The number of unbranched alkanes of at least 4 members (excludes halogenated alkanes) is 1. The third-order valence-corrected chi connectivity index (χ3v) is 3.78. The Labute approximate surface area is 125 Å². The molecule has 1 saturated carbocycles. The van der Waals surface area contributed by atoms with E-state index in [1.54, 1.807) is 24.3 Å². The third-order valence-electron chi connectivity index (χ3n) is 3.78. The Morgan fingerprint density at radius 2 is 1.90 bits per heavy atom. The lowest BCUT2D eigenvalue weighted by molar-refractivity contribution is -0.117. The largest absolute Gasteiger partial charge is 0.352 e. The molecule has 0 aromatic heterocycles. The number of benzene rings is 1. The van der Waals surface area contributed by atoms with Crippen LogP contribution in [-0.4, -0.2) is 24.9 Å². The Hall–Kier alpha value is -1.88. The van der Waals surface area contributed by atoms with Gasteiger partial charge in [0.15, 0.2) is 0 Å². The maximum Gasteiger partial charge on any atom is 0.251 e. The smallest absolute Gasteiger partial charge is 0.251 e. The fourth-order valence-corrected chi connectivity index (χ4v) is 2.20. The van der Waals surface area contributed by atoms with Crippen molar-refractivity contribution >= 4 is 17.5 Å². The Balaban J connectivity index is 1.80. The first kappa shape index (κ1) is 15.5. The van der Waals surface area contributed by atoms with Gasteiger partial charge in [-0.15, -0.1) is 0 Å². The van der Waals surface area contributed by atoms with Crippen LogP contribution in [0.1, 0.15) is 36.5 Å².